The van der Waals surface area contributed by atoms with Crippen LogP contribution in [0.15, 0.2) is 42.5 Å². The summed E-state index contributed by atoms with van der Waals surface area (Å²) in [6.07, 6.45) is 3.08. The molecule has 1 unspecified atom stereocenters. The second-order valence-electron chi connectivity index (χ2n) is 5.62. The zero-order chi connectivity index (χ0) is 16.8. The molecule has 0 fully saturated rings. The van der Waals surface area contributed by atoms with Gasteiger partial charge in [-0.1, -0.05) is 0 Å². The van der Waals surface area contributed by atoms with E-state index < -0.39 is 11.6 Å². The number of phenolic OH excluding ortho intramolecular Hbond substituents is 2. The van der Waals surface area contributed by atoms with Crippen LogP contribution in [0.1, 0.15) is 16.7 Å². The van der Waals surface area contributed by atoms with Gasteiger partial charge in [-0.3, -0.25) is 0 Å². The maximum absolute atomic E-state index is 11.8. The maximum atomic E-state index is 11.8. The average Bonchev–Trinajstić information content (AvgIpc) is 2.92. The summed E-state index contributed by atoms with van der Waals surface area (Å²) in [5, 5.41) is 20.7. The van der Waals surface area contributed by atoms with Crippen LogP contribution in [0, 0.1) is 6.92 Å². The Balaban J connectivity index is 2.29. The third kappa shape index (κ3) is 2.84. The molecule has 0 aromatic heterocycles. The molecule has 6 heteroatoms. The fraction of sp³-hybridized carbons (Fsp3) is 0.118. The van der Waals surface area contributed by atoms with E-state index in [4.69, 9.17) is 4.74 Å². The molecule has 0 radical (unpaired) electrons. The predicted octanol–water partition coefficient (Wildman–Crippen LogP) is 1.11. The van der Waals surface area contributed by atoms with Crippen molar-refractivity contribution in [2.45, 2.75) is 12.5 Å². The van der Waals surface area contributed by atoms with Crippen LogP contribution < -0.4 is 6.14 Å². The van der Waals surface area contributed by atoms with E-state index in [-0.39, 0.29) is 63.7 Å². The second kappa shape index (κ2) is 6.20. The Hall–Kier alpha value is -0.880. The van der Waals surface area contributed by atoms with Gasteiger partial charge in [-0.15, -0.1) is 0 Å². The average molecular weight is 681 g/mol. The molecule has 0 spiro atoms. The summed E-state index contributed by atoms with van der Waals surface area (Å²) in [4.78, 5) is 11.8. The second-order valence-corrected chi connectivity index (χ2v) is 11.3. The van der Waals surface area contributed by atoms with E-state index in [1.54, 1.807) is 12.1 Å². The van der Waals surface area contributed by atoms with Crippen LogP contribution in [0.3, 0.4) is 0 Å². The van der Waals surface area contributed by atoms with Crippen molar-refractivity contribution < 1.29 is 72.0 Å². The first kappa shape index (κ1) is 17.0. The molecule has 0 bridgehead atoms. The summed E-state index contributed by atoms with van der Waals surface area (Å²) in [5.41, 5.74) is 1.30. The van der Waals surface area contributed by atoms with Crippen LogP contribution in [0.5, 0.6) is 11.5 Å². The van der Waals surface area contributed by atoms with Gasteiger partial charge in [0.15, 0.2) is 0 Å². The van der Waals surface area contributed by atoms with Gasteiger partial charge in [0, 0.05) is 0 Å². The van der Waals surface area contributed by atoms with Gasteiger partial charge in [-0.25, -0.2) is 0 Å². The van der Waals surface area contributed by atoms with Crippen LogP contribution in [-0.2, 0) is 67.4 Å². The summed E-state index contributed by atoms with van der Waals surface area (Å²) in [6.45, 7) is 1.99. The van der Waals surface area contributed by atoms with Gasteiger partial charge < -0.3 is 0 Å². The molecule has 2 N–H and O–H groups in total. The van der Waals surface area contributed by atoms with Gasteiger partial charge >= 0.3 is 167 Å². The number of ether oxygens (including phenoxy) is 1. The summed E-state index contributed by atoms with van der Waals surface area (Å²) in [7, 11) is 0. The van der Waals surface area contributed by atoms with Gasteiger partial charge in [-0.05, 0) is 0 Å². The number of hydrogen-bond donors (Lipinski definition) is 2. The summed E-state index contributed by atoms with van der Waals surface area (Å²) in [6, 6.07) is 9.47. The number of hydrogen-bond acceptors (Lipinski definition) is 4. The first-order chi connectivity index (χ1) is 10.8. The number of esters is 1. The molecule has 1 atom stereocenters. The standard InChI is InChI=1S/C17H12O4.2Hg/c1-11-2-4-12(5-3-11)17(9-8-16(20)21-17)14-7-6-13(18)10-15(14)19;;/h2-5,7-9,18-19H,1H3;;/q;2*+1. The van der Waals surface area contributed by atoms with Gasteiger partial charge in [0.25, 0.3) is 0 Å². The van der Waals surface area contributed by atoms with Crippen molar-refractivity contribution in [1.82, 2.24) is 0 Å². The SMILES string of the molecule is Cc1ccc(C2(c3c[c]([Hg+])c(O)[c]([Hg+])c3O)C=CC(=O)O2)cc1. The number of carbonyl (C=O) groups is 1. The number of rotatable bonds is 2. The molecule has 23 heavy (non-hydrogen) atoms. The van der Waals surface area contributed by atoms with Gasteiger partial charge in [0.05, 0.1) is 0 Å². The van der Waals surface area contributed by atoms with E-state index in [0.717, 1.165) is 14.2 Å². The summed E-state index contributed by atoms with van der Waals surface area (Å²) >= 11 is 0.233. The first-order valence-electron chi connectivity index (χ1n) is 7.08. The van der Waals surface area contributed by atoms with E-state index in [1.807, 2.05) is 31.2 Å². The molecule has 2 aromatic rings. The topological polar surface area (TPSA) is 66.8 Å². The molecule has 1 aliphatic rings. The first-order valence-corrected chi connectivity index (χ1v) is 12.6. The zero-order valence-corrected chi connectivity index (χ0v) is 23.7. The molecule has 0 saturated carbocycles. The number of benzene rings is 2. The number of phenols is 2. The molecule has 0 aliphatic carbocycles. The molecule has 0 amide bonds. The fourth-order valence-corrected chi connectivity index (χ4v) is 9.76. The third-order valence-corrected chi connectivity index (χ3v) is 8.74. The van der Waals surface area contributed by atoms with Crippen molar-refractivity contribution in [2.75, 3.05) is 0 Å². The van der Waals surface area contributed by atoms with Crippen molar-refractivity contribution in [3.63, 3.8) is 0 Å². The summed E-state index contributed by atoms with van der Waals surface area (Å²) in [5.74, 6) is -0.178. The van der Waals surface area contributed by atoms with E-state index in [9.17, 15) is 15.0 Å². The Kier molecular flexibility index (Phi) is 4.58. The van der Waals surface area contributed by atoms with Crippen molar-refractivity contribution >= 4 is 12.1 Å². The van der Waals surface area contributed by atoms with E-state index in [1.165, 1.54) is 6.08 Å². The molecule has 3 rings (SSSR count). The van der Waals surface area contributed by atoms with Crippen LogP contribution in [0.4, 0.5) is 0 Å². The van der Waals surface area contributed by atoms with Crippen molar-refractivity contribution in [1.29, 1.82) is 0 Å². The fourth-order valence-electron chi connectivity index (χ4n) is 2.73. The van der Waals surface area contributed by atoms with Crippen molar-refractivity contribution in [3.05, 3.63) is 59.2 Å². The number of aromatic hydroxyl groups is 2. The predicted molar refractivity (Wildman–Crippen MR) is 76.2 cm³/mol. The molecule has 0 saturated heterocycles. The van der Waals surface area contributed by atoms with Crippen LogP contribution in [-0.4, -0.2) is 16.2 Å². The molecule has 106 valence electrons. The minimum atomic E-state index is -1.12. The molecular weight excluding hydrogens is 669 g/mol. The Morgan fingerprint density at radius 1 is 1.09 bits per heavy atom. The van der Waals surface area contributed by atoms with E-state index in [2.05, 4.69) is 0 Å². The Labute approximate surface area is 166 Å². The molecule has 2 aromatic carbocycles. The van der Waals surface area contributed by atoms with Crippen molar-refractivity contribution in [3.8, 4) is 11.5 Å². The monoisotopic (exact) mass is 684 g/mol. The van der Waals surface area contributed by atoms with Crippen LogP contribution in [0.25, 0.3) is 0 Å². The van der Waals surface area contributed by atoms with Gasteiger partial charge in [0.2, 0.25) is 0 Å². The normalized spacial score (nSPS) is 20.0. The van der Waals surface area contributed by atoms with Gasteiger partial charge in [0.1, 0.15) is 0 Å². The quantitative estimate of drug-likeness (QED) is 0.369. The number of aryl methyl sites for hydroxylation is 1. The molecule has 1 aliphatic heterocycles. The number of carbonyl (C=O) groups excluding carboxylic acids is 1. The van der Waals surface area contributed by atoms with Crippen LogP contribution in [0.2, 0.25) is 0 Å². The Morgan fingerprint density at radius 2 is 1.74 bits per heavy atom. The molecule has 1 heterocycles. The van der Waals surface area contributed by atoms with Crippen molar-refractivity contribution in [2.24, 2.45) is 0 Å². The zero-order valence-electron chi connectivity index (χ0n) is 12.7. The Bertz CT molecular complexity index is 827. The van der Waals surface area contributed by atoms with E-state index >= 15 is 0 Å². The Morgan fingerprint density at radius 3 is 2.30 bits per heavy atom. The van der Waals surface area contributed by atoms with E-state index in [0.29, 0.717) is 8.64 Å². The van der Waals surface area contributed by atoms with Crippen LogP contribution >= 0.6 is 0 Å². The third-order valence-electron chi connectivity index (χ3n) is 4.05. The number of cyclic esters (lactones) is 1. The molecule has 4 nitrogen and oxygen atoms in total. The summed E-state index contributed by atoms with van der Waals surface area (Å²) < 4.78 is 7.10. The van der Waals surface area contributed by atoms with Gasteiger partial charge in [-0.2, -0.15) is 0 Å². The minimum absolute atomic E-state index is 0.0416. The molecular formula is C17H12Hg2O4+2.